The number of rotatable bonds is 10. The average molecular weight is 401 g/mol. The zero-order valence-corrected chi connectivity index (χ0v) is 17.9. The Balaban J connectivity index is 2.04. The Labute approximate surface area is 173 Å². The maximum absolute atomic E-state index is 12.5. The van der Waals surface area contributed by atoms with Crippen LogP contribution in [0.5, 0.6) is 5.75 Å². The third-order valence-corrected chi connectivity index (χ3v) is 4.66. The van der Waals surface area contributed by atoms with E-state index in [2.05, 4.69) is 5.32 Å². The van der Waals surface area contributed by atoms with E-state index in [1.54, 1.807) is 13.4 Å². The van der Waals surface area contributed by atoms with E-state index in [4.69, 9.17) is 14.1 Å². The van der Waals surface area contributed by atoms with Crippen LogP contribution < -0.4 is 10.1 Å². The molecule has 1 aromatic carbocycles. The molecule has 0 atom stereocenters. The fraction of sp³-hybridized carbons (Fsp3) is 0.455. The number of nitrogens with zero attached hydrogens (tertiary/aromatic N) is 3. The number of amides is 1. The molecule has 0 saturated heterocycles. The average Bonchev–Trinajstić information content (AvgIpc) is 3.25. The van der Waals surface area contributed by atoms with Gasteiger partial charge >= 0.3 is 0 Å². The summed E-state index contributed by atoms with van der Waals surface area (Å²) in [6.07, 6.45) is 2.41. The van der Waals surface area contributed by atoms with Crippen molar-refractivity contribution in [3.63, 3.8) is 0 Å². The van der Waals surface area contributed by atoms with Crippen LogP contribution in [0.2, 0.25) is 0 Å². The van der Waals surface area contributed by atoms with Gasteiger partial charge in [0.2, 0.25) is 5.91 Å². The van der Waals surface area contributed by atoms with Gasteiger partial charge in [0.25, 0.3) is 0 Å². The van der Waals surface area contributed by atoms with E-state index >= 15 is 0 Å². The second kappa shape index (κ2) is 11.8. The third-order valence-electron chi connectivity index (χ3n) is 4.66. The summed E-state index contributed by atoms with van der Waals surface area (Å²) in [5.41, 5.74) is 1.07. The lowest BCUT2D eigenvalue weighted by Crippen LogP contribution is -2.46. The summed E-state index contributed by atoms with van der Waals surface area (Å²) < 4.78 is 10.6. The monoisotopic (exact) mass is 400 g/mol. The van der Waals surface area contributed by atoms with Crippen molar-refractivity contribution in [1.29, 1.82) is 0 Å². The molecule has 0 radical (unpaired) electrons. The van der Waals surface area contributed by atoms with Crippen molar-refractivity contribution in [2.24, 2.45) is 4.99 Å². The van der Waals surface area contributed by atoms with Gasteiger partial charge in [-0.25, -0.2) is 4.99 Å². The van der Waals surface area contributed by atoms with Crippen molar-refractivity contribution in [2.45, 2.75) is 26.8 Å². The molecule has 1 heterocycles. The van der Waals surface area contributed by atoms with E-state index in [0.29, 0.717) is 32.1 Å². The number of likely N-dealkylation sites (N-methyl/N-ethyl adjacent to an activating group) is 2. The third kappa shape index (κ3) is 7.18. The number of benzene rings is 1. The normalized spacial score (nSPS) is 11.2. The first kappa shape index (κ1) is 22.3. The Morgan fingerprint density at radius 2 is 1.90 bits per heavy atom. The molecular weight excluding hydrogens is 368 g/mol. The van der Waals surface area contributed by atoms with Gasteiger partial charge < -0.3 is 24.3 Å². The molecule has 0 fully saturated rings. The van der Waals surface area contributed by atoms with E-state index < -0.39 is 0 Å². The highest BCUT2D eigenvalue weighted by molar-refractivity contribution is 5.86. The van der Waals surface area contributed by atoms with Crippen molar-refractivity contribution in [3.8, 4) is 5.75 Å². The lowest BCUT2D eigenvalue weighted by Gasteiger charge is -2.26. The van der Waals surface area contributed by atoms with Crippen LogP contribution in [0.1, 0.15) is 25.2 Å². The van der Waals surface area contributed by atoms with Gasteiger partial charge in [-0.2, -0.15) is 0 Å². The van der Waals surface area contributed by atoms with E-state index in [1.807, 2.05) is 67.1 Å². The zero-order valence-electron chi connectivity index (χ0n) is 17.9. The van der Waals surface area contributed by atoms with Gasteiger partial charge in [-0.3, -0.25) is 4.79 Å². The van der Waals surface area contributed by atoms with Crippen LogP contribution in [0.15, 0.2) is 52.1 Å². The van der Waals surface area contributed by atoms with Gasteiger partial charge in [-0.15, -0.1) is 0 Å². The fourth-order valence-electron chi connectivity index (χ4n) is 2.92. The molecule has 0 aliphatic carbocycles. The second-order valence-corrected chi connectivity index (χ2v) is 6.67. The molecular formula is C22H32N4O3. The number of nitrogens with one attached hydrogen (secondary N) is 1. The molecule has 2 rings (SSSR count). The van der Waals surface area contributed by atoms with Gasteiger partial charge in [0, 0.05) is 33.1 Å². The Hall–Kier alpha value is -2.96. The Kier molecular flexibility index (Phi) is 9.08. The maximum atomic E-state index is 12.5. The molecule has 0 saturated carbocycles. The second-order valence-electron chi connectivity index (χ2n) is 6.67. The lowest BCUT2D eigenvalue weighted by atomic mass is 10.2. The maximum Gasteiger partial charge on any atom is 0.242 e. The Morgan fingerprint density at radius 3 is 2.48 bits per heavy atom. The number of guanidine groups is 1. The SMILES string of the molecule is CCN(CC)C(=O)CN(C)C(=NCc1ccc(OC)cc1)NCCc1ccco1. The smallest absolute Gasteiger partial charge is 0.242 e. The zero-order chi connectivity index (χ0) is 21.1. The van der Waals surface area contributed by atoms with Crippen LogP contribution in [-0.4, -0.2) is 62.0 Å². The van der Waals surface area contributed by atoms with Gasteiger partial charge in [0.1, 0.15) is 11.5 Å². The minimum atomic E-state index is 0.0856. The predicted octanol–water partition coefficient (Wildman–Crippen LogP) is 2.78. The molecule has 1 aromatic heterocycles. The van der Waals surface area contributed by atoms with Crippen molar-refractivity contribution < 1.29 is 13.9 Å². The Bertz CT molecular complexity index is 753. The van der Waals surface area contributed by atoms with Gasteiger partial charge in [-0.05, 0) is 43.7 Å². The van der Waals surface area contributed by atoms with Gasteiger partial charge in [0.05, 0.1) is 26.5 Å². The van der Waals surface area contributed by atoms with E-state index in [0.717, 1.165) is 23.5 Å². The molecule has 29 heavy (non-hydrogen) atoms. The van der Waals surface area contributed by atoms with Crippen molar-refractivity contribution in [1.82, 2.24) is 15.1 Å². The molecule has 0 unspecified atom stereocenters. The summed E-state index contributed by atoms with van der Waals surface area (Å²) >= 11 is 0. The first-order valence-electron chi connectivity index (χ1n) is 9.99. The highest BCUT2D eigenvalue weighted by atomic mass is 16.5. The van der Waals surface area contributed by atoms with E-state index in [9.17, 15) is 4.79 Å². The number of hydrogen-bond acceptors (Lipinski definition) is 4. The lowest BCUT2D eigenvalue weighted by molar-refractivity contribution is -0.131. The number of carbonyl (C=O) groups is 1. The first-order valence-corrected chi connectivity index (χ1v) is 9.99. The minimum Gasteiger partial charge on any atom is -0.497 e. The van der Waals surface area contributed by atoms with Crippen LogP contribution in [0, 0.1) is 0 Å². The number of carbonyl (C=O) groups excluding carboxylic acids is 1. The summed E-state index contributed by atoms with van der Waals surface area (Å²) in [6.45, 7) is 6.83. The number of methoxy groups -OCH3 is 1. The molecule has 1 amide bonds. The number of hydrogen-bond donors (Lipinski definition) is 1. The number of furan rings is 1. The van der Waals surface area contributed by atoms with Crippen LogP contribution in [0.3, 0.4) is 0 Å². The van der Waals surface area contributed by atoms with Crippen molar-refractivity contribution in [2.75, 3.05) is 40.3 Å². The van der Waals surface area contributed by atoms with Crippen molar-refractivity contribution >= 4 is 11.9 Å². The topological polar surface area (TPSA) is 70.3 Å². The summed E-state index contributed by atoms with van der Waals surface area (Å²) in [5.74, 6) is 2.50. The minimum absolute atomic E-state index is 0.0856. The largest absolute Gasteiger partial charge is 0.497 e. The molecule has 0 aliphatic rings. The van der Waals surface area contributed by atoms with E-state index in [1.165, 1.54) is 0 Å². The van der Waals surface area contributed by atoms with Gasteiger partial charge in [0.15, 0.2) is 5.96 Å². The highest BCUT2D eigenvalue weighted by Crippen LogP contribution is 2.12. The van der Waals surface area contributed by atoms with E-state index in [-0.39, 0.29) is 12.5 Å². The van der Waals surface area contributed by atoms with Crippen LogP contribution >= 0.6 is 0 Å². The summed E-state index contributed by atoms with van der Waals surface area (Å²) in [7, 11) is 3.53. The summed E-state index contributed by atoms with van der Waals surface area (Å²) in [4.78, 5) is 20.9. The molecule has 7 heteroatoms. The predicted molar refractivity (Wildman–Crippen MR) is 115 cm³/mol. The highest BCUT2D eigenvalue weighted by Gasteiger charge is 2.15. The van der Waals surface area contributed by atoms with Crippen molar-refractivity contribution in [3.05, 3.63) is 54.0 Å². The standard InChI is InChI=1S/C22H32N4O3/c1-5-26(6-2)21(27)17-25(3)22(23-14-13-20-8-7-15-29-20)24-16-18-9-11-19(28-4)12-10-18/h7-12,15H,5-6,13-14,16-17H2,1-4H3,(H,23,24). The Morgan fingerprint density at radius 1 is 1.17 bits per heavy atom. The summed E-state index contributed by atoms with van der Waals surface area (Å²) in [6, 6.07) is 11.6. The fourth-order valence-corrected chi connectivity index (χ4v) is 2.92. The molecule has 0 spiro atoms. The number of aliphatic imine (C=N–C) groups is 1. The first-order chi connectivity index (χ1) is 14.1. The van der Waals surface area contributed by atoms with Crippen LogP contribution in [0.25, 0.3) is 0 Å². The molecule has 2 aromatic rings. The quantitative estimate of drug-likeness (QED) is 0.491. The van der Waals surface area contributed by atoms with Crippen LogP contribution in [0.4, 0.5) is 0 Å². The molecule has 158 valence electrons. The summed E-state index contributed by atoms with van der Waals surface area (Å²) in [5, 5.41) is 3.35. The molecule has 7 nitrogen and oxygen atoms in total. The number of ether oxygens (including phenoxy) is 1. The molecule has 0 aliphatic heterocycles. The van der Waals surface area contributed by atoms with Crippen LogP contribution in [-0.2, 0) is 17.8 Å². The molecule has 1 N–H and O–H groups in total. The van der Waals surface area contributed by atoms with Gasteiger partial charge in [-0.1, -0.05) is 12.1 Å². The molecule has 0 bridgehead atoms.